The Bertz CT molecular complexity index is 1120. The van der Waals surface area contributed by atoms with Crippen molar-refractivity contribution in [1.82, 2.24) is 14.7 Å². The van der Waals surface area contributed by atoms with Gasteiger partial charge in [-0.05, 0) is 37.6 Å². The van der Waals surface area contributed by atoms with E-state index in [-0.39, 0.29) is 17.9 Å². The van der Waals surface area contributed by atoms with Gasteiger partial charge in [0.15, 0.2) is 11.9 Å². The van der Waals surface area contributed by atoms with Gasteiger partial charge >= 0.3 is 0 Å². The highest BCUT2D eigenvalue weighted by molar-refractivity contribution is 6.12. The molecular weight excluding hydrogens is 382 g/mol. The van der Waals surface area contributed by atoms with Crippen LogP contribution in [0.5, 0.6) is 5.75 Å². The topological polar surface area (TPSA) is 81.5 Å². The summed E-state index contributed by atoms with van der Waals surface area (Å²) in [5.41, 5.74) is 2.10. The van der Waals surface area contributed by atoms with Gasteiger partial charge in [0.1, 0.15) is 5.75 Å². The highest BCUT2D eigenvalue weighted by Gasteiger charge is 2.37. The minimum atomic E-state index is -0.821. The summed E-state index contributed by atoms with van der Waals surface area (Å²) < 4.78 is 7.41. The number of rotatable bonds is 5. The van der Waals surface area contributed by atoms with Crippen LogP contribution in [-0.2, 0) is 4.79 Å². The van der Waals surface area contributed by atoms with Crippen LogP contribution in [0.4, 0.5) is 0 Å². The Balaban J connectivity index is 1.65. The number of hydrogen-bond acceptors (Lipinski definition) is 5. The van der Waals surface area contributed by atoms with Crippen molar-refractivity contribution in [3.63, 3.8) is 0 Å². The monoisotopic (exact) mass is 403 g/mol. The Kier molecular flexibility index (Phi) is 5.18. The first-order chi connectivity index (χ1) is 14.5. The van der Waals surface area contributed by atoms with Crippen molar-refractivity contribution in [3.8, 4) is 11.4 Å². The van der Waals surface area contributed by atoms with E-state index in [1.54, 1.807) is 42.8 Å². The highest BCUT2D eigenvalue weighted by atomic mass is 16.5. The summed E-state index contributed by atoms with van der Waals surface area (Å²) in [7, 11) is 0. The van der Waals surface area contributed by atoms with Gasteiger partial charge in [0.05, 0.1) is 35.2 Å². The normalized spacial score (nSPS) is 16.1. The van der Waals surface area contributed by atoms with Gasteiger partial charge in [-0.25, -0.2) is 4.68 Å². The molecule has 7 nitrogen and oxygen atoms in total. The van der Waals surface area contributed by atoms with Gasteiger partial charge in [-0.2, -0.15) is 5.10 Å². The fraction of sp³-hybridized carbons (Fsp3) is 0.217. The third-order valence-corrected chi connectivity index (χ3v) is 5.16. The lowest BCUT2D eigenvalue weighted by Crippen LogP contribution is -2.45. The first kappa shape index (κ1) is 19.6. The lowest BCUT2D eigenvalue weighted by Gasteiger charge is -2.21. The Morgan fingerprint density at radius 3 is 2.50 bits per heavy atom. The smallest absolute Gasteiger partial charge is 0.270 e. The fourth-order valence-electron chi connectivity index (χ4n) is 3.52. The average Bonchev–Trinajstić information content (AvgIpc) is 3.12. The minimum Gasteiger partial charge on any atom is -0.480 e. The van der Waals surface area contributed by atoms with Crippen LogP contribution in [-0.4, -0.2) is 44.9 Å². The zero-order valence-corrected chi connectivity index (χ0v) is 16.7. The van der Waals surface area contributed by atoms with E-state index < -0.39 is 17.9 Å². The number of ketones is 1. The molecule has 0 radical (unpaired) electrons. The number of hydrogen-bond donors (Lipinski definition) is 0. The van der Waals surface area contributed by atoms with Crippen LogP contribution in [0.3, 0.4) is 0 Å². The molecule has 1 aromatic heterocycles. The number of nitrogens with zero attached hydrogens (tertiary/aromatic N) is 3. The number of carbonyl (C=O) groups is 3. The van der Waals surface area contributed by atoms with E-state index in [4.69, 9.17) is 4.74 Å². The maximum Gasteiger partial charge on any atom is 0.270 e. The van der Waals surface area contributed by atoms with Gasteiger partial charge in [-0.1, -0.05) is 37.3 Å². The number of carbonyl (C=O) groups excluding carboxylic acids is 3. The van der Waals surface area contributed by atoms with E-state index in [0.717, 1.165) is 10.6 Å². The molecule has 0 N–H and O–H groups in total. The molecule has 1 atom stereocenters. The molecular formula is C23H21N3O4. The van der Waals surface area contributed by atoms with Crippen molar-refractivity contribution in [2.45, 2.75) is 26.4 Å². The molecule has 1 aliphatic heterocycles. The van der Waals surface area contributed by atoms with E-state index in [0.29, 0.717) is 23.4 Å². The van der Waals surface area contributed by atoms with Gasteiger partial charge in [-0.3, -0.25) is 19.3 Å². The Hall–Kier alpha value is -3.74. The Morgan fingerprint density at radius 2 is 1.77 bits per heavy atom. The quantitative estimate of drug-likeness (QED) is 0.483. The van der Waals surface area contributed by atoms with Crippen LogP contribution in [0.1, 0.15) is 39.8 Å². The van der Waals surface area contributed by atoms with Gasteiger partial charge in [0.2, 0.25) is 0 Å². The van der Waals surface area contributed by atoms with E-state index in [1.807, 2.05) is 30.3 Å². The zero-order chi connectivity index (χ0) is 21.3. The van der Waals surface area contributed by atoms with Crippen LogP contribution < -0.4 is 4.74 Å². The molecule has 0 saturated heterocycles. The number of amides is 2. The van der Waals surface area contributed by atoms with Gasteiger partial charge in [0.25, 0.3) is 11.8 Å². The number of imide groups is 1. The van der Waals surface area contributed by atoms with Crippen molar-refractivity contribution < 1.29 is 19.1 Å². The summed E-state index contributed by atoms with van der Waals surface area (Å²) in [6.45, 7) is 3.22. The van der Waals surface area contributed by atoms with Gasteiger partial charge in [0, 0.05) is 0 Å². The van der Waals surface area contributed by atoms with Crippen molar-refractivity contribution in [2.75, 3.05) is 6.54 Å². The molecule has 2 heterocycles. The number of aromatic nitrogens is 2. The lowest BCUT2D eigenvalue weighted by atomic mass is 10.1. The van der Waals surface area contributed by atoms with Gasteiger partial charge < -0.3 is 4.74 Å². The fourth-order valence-corrected chi connectivity index (χ4v) is 3.52. The Labute approximate surface area is 173 Å². The van der Waals surface area contributed by atoms with Crippen molar-refractivity contribution in [3.05, 3.63) is 77.6 Å². The van der Waals surface area contributed by atoms with Gasteiger partial charge in [-0.15, -0.1) is 0 Å². The van der Waals surface area contributed by atoms with E-state index in [1.165, 1.54) is 6.20 Å². The molecule has 0 spiro atoms. The molecule has 152 valence electrons. The van der Waals surface area contributed by atoms with Crippen LogP contribution in [0, 0.1) is 6.92 Å². The summed E-state index contributed by atoms with van der Waals surface area (Å²) in [5.74, 6) is -1.05. The molecule has 0 fully saturated rings. The second-order valence-electron chi connectivity index (χ2n) is 7.05. The van der Waals surface area contributed by atoms with E-state index >= 15 is 0 Å². The maximum atomic E-state index is 13.0. The summed E-state index contributed by atoms with van der Waals surface area (Å²) in [6, 6.07) is 16.1. The van der Waals surface area contributed by atoms with Crippen molar-refractivity contribution in [1.29, 1.82) is 0 Å². The summed E-state index contributed by atoms with van der Waals surface area (Å²) in [6.07, 6.45) is 1.04. The molecule has 2 amide bonds. The third-order valence-electron chi connectivity index (χ3n) is 5.16. The minimum absolute atomic E-state index is 0.270. The van der Waals surface area contributed by atoms with Crippen LogP contribution in [0.25, 0.3) is 5.69 Å². The molecule has 2 aromatic carbocycles. The number of fused-ring (bicyclic) bond motifs is 1. The lowest BCUT2D eigenvalue weighted by molar-refractivity contribution is -0.135. The predicted molar refractivity (Wildman–Crippen MR) is 110 cm³/mol. The molecule has 0 saturated carbocycles. The van der Waals surface area contributed by atoms with E-state index in [9.17, 15) is 14.4 Å². The first-order valence-corrected chi connectivity index (χ1v) is 9.76. The number of Topliss-reactive ketones (excluding diaryl/α,β-unsaturated/α-hetero) is 1. The molecule has 1 aliphatic rings. The second-order valence-corrected chi connectivity index (χ2v) is 7.05. The van der Waals surface area contributed by atoms with Crippen molar-refractivity contribution >= 4 is 17.6 Å². The molecule has 4 rings (SSSR count). The summed E-state index contributed by atoms with van der Waals surface area (Å²) >= 11 is 0. The molecule has 7 heteroatoms. The second kappa shape index (κ2) is 7.94. The summed E-state index contributed by atoms with van der Waals surface area (Å²) in [4.78, 5) is 40.0. The Morgan fingerprint density at radius 1 is 1.07 bits per heavy atom. The highest BCUT2D eigenvalue weighted by Crippen LogP contribution is 2.27. The number of benzene rings is 2. The van der Waals surface area contributed by atoms with Crippen LogP contribution in [0.2, 0.25) is 0 Å². The standard InChI is InChI=1S/C23H21N3O4/c1-3-20-23(29)25(22(28)17-11-7-8-12-21(17)30-20)14-19(27)18-13-24-26(15(18)2)16-9-5-4-6-10-16/h4-13,20H,3,14H2,1-2H3/t20-/m1/s1. The first-order valence-electron chi connectivity index (χ1n) is 9.76. The molecule has 0 unspecified atom stereocenters. The zero-order valence-electron chi connectivity index (χ0n) is 16.7. The molecule has 3 aromatic rings. The predicted octanol–water partition coefficient (Wildman–Crippen LogP) is 3.20. The SMILES string of the molecule is CC[C@H]1Oc2ccccc2C(=O)N(CC(=O)c2cnn(-c3ccccc3)c2C)C1=O. The van der Waals surface area contributed by atoms with Crippen LogP contribution in [0.15, 0.2) is 60.8 Å². The third kappa shape index (κ3) is 3.39. The molecule has 0 aliphatic carbocycles. The maximum absolute atomic E-state index is 13.0. The van der Waals surface area contributed by atoms with Crippen molar-refractivity contribution in [2.24, 2.45) is 0 Å². The number of para-hydroxylation sites is 2. The molecule has 30 heavy (non-hydrogen) atoms. The summed E-state index contributed by atoms with van der Waals surface area (Å²) in [5, 5.41) is 4.31. The number of ether oxygens (including phenoxy) is 1. The van der Waals surface area contributed by atoms with E-state index in [2.05, 4.69) is 5.10 Å². The largest absolute Gasteiger partial charge is 0.480 e. The molecule has 0 bridgehead atoms. The average molecular weight is 403 g/mol. The van der Waals surface area contributed by atoms with Crippen LogP contribution >= 0.6 is 0 Å².